The van der Waals surface area contributed by atoms with Crippen LogP contribution in [-0.2, 0) is 11.3 Å². The highest BCUT2D eigenvalue weighted by Gasteiger charge is 2.35. The second-order valence-electron chi connectivity index (χ2n) is 5.59. The van der Waals surface area contributed by atoms with Crippen LogP contribution < -0.4 is 0 Å². The second kappa shape index (κ2) is 7.35. The number of hydrogen-bond donors (Lipinski definition) is 1. The van der Waals surface area contributed by atoms with E-state index in [0.717, 1.165) is 22.9 Å². The Bertz CT molecular complexity index is 871. The highest BCUT2D eigenvalue weighted by Crippen LogP contribution is 2.37. The summed E-state index contributed by atoms with van der Waals surface area (Å²) in [6.45, 7) is 2.24. The van der Waals surface area contributed by atoms with Gasteiger partial charge in [0.05, 0.1) is 20.4 Å². The van der Waals surface area contributed by atoms with E-state index < -0.39 is 0 Å². The number of phenols is 1. The van der Waals surface area contributed by atoms with Crippen molar-refractivity contribution in [3.05, 3.63) is 66.9 Å². The van der Waals surface area contributed by atoms with Crippen LogP contribution in [0.4, 0.5) is 4.79 Å². The molecule has 25 heavy (non-hydrogen) atoms. The van der Waals surface area contributed by atoms with Crippen LogP contribution in [0.1, 0.15) is 16.7 Å². The number of nitrogens with zero attached hydrogens (tertiary/aromatic N) is 1. The van der Waals surface area contributed by atoms with Crippen LogP contribution in [0.25, 0.3) is 6.08 Å². The van der Waals surface area contributed by atoms with E-state index in [-0.39, 0.29) is 23.4 Å². The predicted octanol–water partition coefficient (Wildman–Crippen LogP) is 5.46. The zero-order chi connectivity index (χ0) is 18.1. The van der Waals surface area contributed by atoms with E-state index in [1.54, 1.807) is 18.2 Å². The first-order valence-corrected chi connectivity index (χ1v) is 9.74. The molecule has 2 amide bonds. The first kappa shape index (κ1) is 18.2. The molecule has 1 fully saturated rings. The van der Waals surface area contributed by atoms with Crippen molar-refractivity contribution in [1.82, 2.24) is 4.90 Å². The summed E-state index contributed by atoms with van der Waals surface area (Å²) in [5.41, 5.74) is 2.74. The summed E-state index contributed by atoms with van der Waals surface area (Å²) >= 11 is 7.43. The average Bonchev–Trinajstić information content (AvgIpc) is 2.82. The number of phenolic OH excluding ortho intramolecular Hbond substituents is 1. The van der Waals surface area contributed by atoms with Crippen molar-refractivity contribution in [2.75, 3.05) is 0 Å². The van der Waals surface area contributed by atoms with E-state index in [9.17, 15) is 14.7 Å². The van der Waals surface area contributed by atoms with Gasteiger partial charge < -0.3 is 5.11 Å². The third-order valence-electron chi connectivity index (χ3n) is 3.67. The van der Waals surface area contributed by atoms with Gasteiger partial charge in [-0.05, 0) is 79.9 Å². The topological polar surface area (TPSA) is 57.6 Å². The smallest absolute Gasteiger partial charge is 0.293 e. The summed E-state index contributed by atoms with van der Waals surface area (Å²) in [6, 6.07) is 11.1. The molecule has 0 bridgehead atoms. The maximum Gasteiger partial charge on any atom is 0.293 e. The van der Waals surface area contributed by atoms with E-state index in [1.807, 2.05) is 31.2 Å². The van der Waals surface area contributed by atoms with Crippen LogP contribution in [0.2, 0.25) is 0 Å². The number of hydrogen-bond acceptors (Lipinski definition) is 4. The summed E-state index contributed by atoms with van der Waals surface area (Å²) in [5, 5.41) is 9.48. The minimum Gasteiger partial charge on any atom is -0.506 e. The molecule has 2 aromatic rings. The molecule has 3 rings (SSSR count). The lowest BCUT2D eigenvalue weighted by molar-refractivity contribution is -0.123. The molecule has 7 heteroatoms. The first-order valence-electron chi connectivity index (χ1n) is 7.34. The fourth-order valence-corrected chi connectivity index (χ4v) is 4.39. The maximum atomic E-state index is 12.6. The summed E-state index contributed by atoms with van der Waals surface area (Å²) in [6.07, 6.45) is 1.65. The molecule has 2 aromatic carbocycles. The maximum absolute atomic E-state index is 12.6. The zero-order valence-electron chi connectivity index (χ0n) is 13.1. The number of amides is 2. The minimum atomic E-state index is -0.309. The average molecular weight is 483 g/mol. The summed E-state index contributed by atoms with van der Waals surface area (Å²) < 4.78 is 1.01. The molecule has 128 valence electrons. The Morgan fingerprint density at radius 3 is 2.32 bits per heavy atom. The molecule has 1 aliphatic rings. The normalized spacial score (nSPS) is 16.1. The fraction of sp³-hybridized carbons (Fsp3) is 0.111. The molecular weight excluding hydrogens is 470 g/mol. The fourth-order valence-electron chi connectivity index (χ4n) is 2.33. The van der Waals surface area contributed by atoms with Gasteiger partial charge in [-0.3, -0.25) is 14.5 Å². The quantitative estimate of drug-likeness (QED) is 0.590. The third kappa shape index (κ3) is 3.99. The van der Waals surface area contributed by atoms with Crippen molar-refractivity contribution >= 4 is 60.8 Å². The number of aryl methyl sites for hydroxylation is 1. The van der Waals surface area contributed by atoms with Gasteiger partial charge in [0, 0.05) is 0 Å². The van der Waals surface area contributed by atoms with Crippen LogP contribution in [0.3, 0.4) is 0 Å². The summed E-state index contributed by atoms with van der Waals surface area (Å²) in [5.74, 6) is -0.222. The summed E-state index contributed by atoms with van der Waals surface area (Å²) in [4.78, 5) is 26.4. The zero-order valence-corrected chi connectivity index (χ0v) is 17.1. The standard InChI is InChI=1S/C18H13Br2NO3S/c1-10-2-4-11(5-3-10)9-21-17(23)15(25-18(21)24)8-12-6-13(19)16(22)14(20)7-12/h2-8,22H,9H2,1H3/b15-8+. The Balaban J connectivity index is 1.84. The van der Waals surface area contributed by atoms with Crippen LogP contribution >= 0.6 is 43.6 Å². The van der Waals surface area contributed by atoms with Gasteiger partial charge in [-0.25, -0.2) is 0 Å². The van der Waals surface area contributed by atoms with Crippen molar-refractivity contribution in [3.8, 4) is 5.75 Å². The number of carbonyl (C=O) groups is 2. The number of halogens is 2. The van der Waals surface area contributed by atoms with Crippen molar-refractivity contribution in [1.29, 1.82) is 0 Å². The minimum absolute atomic E-state index is 0.0876. The van der Waals surface area contributed by atoms with Crippen molar-refractivity contribution < 1.29 is 14.7 Å². The first-order chi connectivity index (χ1) is 11.8. The molecule has 1 aliphatic heterocycles. The predicted molar refractivity (Wildman–Crippen MR) is 106 cm³/mol. The van der Waals surface area contributed by atoms with Crippen LogP contribution in [-0.4, -0.2) is 21.2 Å². The Morgan fingerprint density at radius 2 is 1.72 bits per heavy atom. The molecule has 0 spiro atoms. The van der Waals surface area contributed by atoms with E-state index in [0.29, 0.717) is 19.4 Å². The SMILES string of the molecule is Cc1ccc(CN2C(=O)S/C(=C/c3cc(Br)c(O)c(Br)c3)C2=O)cc1. The van der Waals surface area contributed by atoms with Crippen molar-refractivity contribution in [2.45, 2.75) is 13.5 Å². The molecule has 0 saturated carbocycles. The molecule has 4 nitrogen and oxygen atoms in total. The highest BCUT2D eigenvalue weighted by molar-refractivity contribution is 9.11. The number of benzene rings is 2. The lowest BCUT2D eigenvalue weighted by atomic mass is 10.1. The number of aromatic hydroxyl groups is 1. The molecule has 1 N–H and O–H groups in total. The highest BCUT2D eigenvalue weighted by atomic mass is 79.9. The number of rotatable bonds is 3. The van der Waals surface area contributed by atoms with Gasteiger partial charge in [0.15, 0.2) is 0 Å². The van der Waals surface area contributed by atoms with Gasteiger partial charge in [-0.2, -0.15) is 0 Å². The molecule has 0 atom stereocenters. The van der Waals surface area contributed by atoms with E-state index in [2.05, 4.69) is 31.9 Å². The Hall–Kier alpha value is -1.57. The van der Waals surface area contributed by atoms with E-state index in [1.165, 1.54) is 4.90 Å². The Morgan fingerprint density at radius 1 is 1.12 bits per heavy atom. The van der Waals surface area contributed by atoms with Gasteiger partial charge in [0.2, 0.25) is 0 Å². The van der Waals surface area contributed by atoms with Gasteiger partial charge in [0.1, 0.15) is 5.75 Å². The molecule has 0 aliphatic carbocycles. The largest absolute Gasteiger partial charge is 0.506 e. The molecule has 1 saturated heterocycles. The molecule has 1 heterocycles. The molecular formula is C18H13Br2NO3S. The lowest BCUT2D eigenvalue weighted by Gasteiger charge is -2.12. The number of carbonyl (C=O) groups excluding carboxylic acids is 2. The lowest BCUT2D eigenvalue weighted by Crippen LogP contribution is -2.27. The Kier molecular flexibility index (Phi) is 5.36. The van der Waals surface area contributed by atoms with Gasteiger partial charge in [0.25, 0.3) is 11.1 Å². The van der Waals surface area contributed by atoms with Gasteiger partial charge in [-0.15, -0.1) is 0 Å². The van der Waals surface area contributed by atoms with Crippen molar-refractivity contribution in [3.63, 3.8) is 0 Å². The molecule has 0 aromatic heterocycles. The molecule has 0 unspecified atom stereocenters. The van der Waals surface area contributed by atoms with Crippen LogP contribution in [0.5, 0.6) is 5.75 Å². The number of thioether (sulfide) groups is 1. The van der Waals surface area contributed by atoms with E-state index >= 15 is 0 Å². The number of imide groups is 1. The monoisotopic (exact) mass is 481 g/mol. The second-order valence-corrected chi connectivity index (χ2v) is 8.29. The Labute approximate surface area is 166 Å². The van der Waals surface area contributed by atoms with Crippen molar-refractivity contribution in [2.24, 2.45) is 0 Å². The van der Waals surface area contributed by atoms with Gasteiger partial charge >= 0.3 is 0 Å². The van der Waals surface area contributed by atoms with Crippen LogP contribution in [0.15, 0.2) is 50.2 Å². The third-order valence-corrected chi connectivity index (χ3v) is 5.79. The van der Waals surface area contributed by atoms with E-state index in [4.69, 9.17) is 0 Å². The summed E-state index contributed by atoms with van der Waals surface area (Å²) in [7, 11) is 0. The van der Waals surface area contributed by atoms with Gasteiger partial charge in [-0.1, -0.05) is 29.8 Å². The van der Waals surface area contributed by atoms with Crippen LogP contribution in [0, 0.1) is 6.92 Å². The molecule has 0 radical (unpaired) electrons.